The number of carbonyl (C=O) groups excluding carboxylic acids is 1. The molecule has 0 radical (unpaired) electrons. The first-order valence-electron chi connectivity index (χ1n) is 7.28. The lowest BCUT2D eigenvalue weighted by Crippen LogP contribution is -2.14. The molecule has 0 aliphatic carbocycles. The number of nitrogens with zero attached hydrogens (tertiary/aromatic N) is 1. The number of thioether (sulfide) groups is 1. The molecule has 1 heterocycles. The number of pyridine rings is 1. The quantitative estimate of drug-likeness (QED) is 0.676. The highest BCUT2D eigenvalue weighted by Gasteiger charge is 2.09. The molecule has 3 rings (SSSR count). The van der Waals surface area contributed by atoms with E-state index >= 15 is 0 Å². The first kappa shape index (κ1) is 16.6. The zero-order chi connectivity index (χ0) is 16.9. The fourth-order valence-corrected chi connectivity index (χ4v) is 3.02. The molecule has 2 aromatic carbocycles. The van der Waals surface area contributed by atoms with Crippen LogP contribution in [0.3, 0.4) is 0 Å². The molecule has 0 saturated carbocycles. The number of fused-ring (bicyclic) bond motifs is 1. The van der Waals surface area contributed by atoms with Crippen molar-refractivity contribution in [2.75, 3.05) is 18.2 Å². The molecule has 3 aromatic rings. The number of amides is 1. The van der Waals surface area contributed by atoms with Gasteiger partial charge in [-0.05, 0) is 24.3 Å². The summed E-state index contributed by atoms with van der Waals surface area (Å²) < 4.78 is 5.14. The lowest BCUT2D eigenvalue weighted by atomic mass is 10.2. The first-order valence-corrected chi connectivity index (χ1v) is 8.64. The molecule has 6 heteroatoms. The SMILES string of the molecule is COc1ccc(Cl)c(NC(=O)CSc2ccc3ccccc3n2)c1. The van der Waals surface area contributed by atoms with Crippen molar-refractivity contribution in [1.29, 1.82) is 0 Å². The van der Waals surface area contributed by atoms with E-state index in [1.165, 1.54) is 11.8 Å². The average Bonchev–Trinajstić information content (AvgIpc) is 2.61. The Hall–Kier alpha value is -2.24. The van der Waals surface area contributed by atoms with Crippen LogP contribution < -0.4 is 10.1 Å². The van der Waals surface area contributed by atoms with E-state index in [2.05, 4.69) is 10.3 Å². The monoisotopic (exact) mass is 358 g/mol. The van der Waals surface area contributed by atoms with Gasteiger partial charge in [0, 0.05) is 11.5 Å². The molecule has 122 valence electrons. The van der Waals surface area contributed by atoms with Crippen molar-refractivity contribution in [2.24, 2.45) is 0 Å². The lowest BCUT2D eigenvalue weighted by molar-refractivity contribution is -0.113. The minimum absolute atomic E-state index is 0.148. The van der Waals surface area contributed by atoms with Crippen molar-refractivity contribution in [3.05, 3.63) is 59.6 Å². The van der Waals surface area contributed by atoms with E-state index in [0.29, 0.717) is 16.5 Å². The topological polar surface area (TPSA) is 51.2 Å². The molecule has 0 atom stereocenters. The third kappa shape index (κ3) is 3.99. The number of hydrogen-bond donors (Lipinski definition) is 1. The summed E-state index contributed by atoms with van der Waals surface area (Å²) in [6.07, 6.45) is 0. The molecule has 0 fully saturated rings. The van der Waals surface area contributed by atoms with Crippen molar-refractivity contribution in [1.82, 2.24) is 4.98 Å². The van der Waals surface area contributed by atoms with Crippen LogP contribution >= 0.6 is 23.4 Å². The Balaban J connectivity index is 1.64. The van der Waals surface area contributed by atoms with Gasteiger partial charge < -0.3 is 10.1 Å². The molecule has 24 heavy (non-hydrogen) atoms. The number of ether oxygens (including phenoxy) is 1. The van der Waals surface area contributed by atoms with Gasteiger partial charge in [0.05, 0.1) is 34.1 Å². The van der Waals surface area contributed by atoms with Gasteiger partial charge in [0.2, 0.25) is 5.91 Å². The smallest absolute Gasteiger partial charge is 0.234 e. The van der Waals surface area contributed by atoms with Crippen LogP contribution in [0.25, 0.3) is 10.9 Å². The first-order chi connectivity index (χ1) is 11.7. The Kier molecular flexibility index (Phi) is 5.23. The molecule has 0 aliphatic heterocycles. The van der Waals surface area contributed by atoms with Crippen molar-refractivity contribution < 1.29 is 9.53 Å². The Labute approximate surface area is 149 Å². The van der Waals surface area contributed by atoms with Crippen LogP contribution in [-0.2, 0) is 4.79 Å². The summed E-state index contributed by atoms with van der Waals surface area (Å²) in [4.78, 5) is 16.7. The number of anilines is 1. The fourth-order valence-electron chi connectivity index (χ4n) is 2.18. The maximum absolute atomic E-state index is 12.1. The van der Waals surface area contributed by atoms with Gasteiger partial charge in [-0.3, -0.25) is 4.79 Å². The minimum atomic E-state index is -0.148. The summed E-state index contributed by atoms with van der Waals surface area (Å²) in [5.41, 5.74) is 1.45. The van der Waals surface area contributed by atoms with Crippen molar-refractivity contribution >= 4 is 45.9 Å². The summed E-state index contributed by atoms with van der Waals surface area (Å²) in [5, 5.41) is 5.15. The van der Waals surface area contributed by atoms with Crippen LogP contribution in [0.5, 0.6) is 5.75 Å². The second kappa shape index (κ2) is 7.55. The fraction of sp³-hybridized carbons (Fsp3) is 0.111. The summed E-state index contributed by atoms with van der Waals surface area (Å²) in [6.45, 7) is 0. The number of para-hydroxylation sites is 1. The zero-order valence-corrected chi connectivity index (χ0v) is 14.5. The van der Waals surface area contributed by atoms with E-state index < -0.39 is 0 Å². The molecular formula is C18H15ClN2O2S. The Morgan fingerprint density at radius 3 is 2.88 bits per heavy atom. The van der Waals surface area contributed by atoms with Crippen LogP contribution in [-0.4, -0.2) is 23.8 Å². The number of halogens is 1. The Bertz CT molecular complexity index is 886. The molecule has 0 spiro atoms. The summed E-state index contributed by atoms with van der Waals surface area (Å²) in [7, 11) is 1.57. The Morgan fingerprint density at radius 1 is 1.21 bits per heavy atom. The summed E-state index contributed by atoms with van der Waals surface area (Å²) in [6, 6.07) is 16.9. The van der Waals surface area contributed by atoms with E-state index in [4.69, 9.17) is 16.3 Å². The third-order valence-electron chi connectivity index (χ3n) is 3.37. The van der Waals surface area contributed by atoms with Crippen molar-refractivity contribution in [3.8, 4) is 5.75 Å². The normalized spacial score (nSPS) is 10.6. The van der Waals surface area contributed by atoms with Crippen molar-refractivity contribution in [3.63, 3.8) is 0 Å². The highest BCUT2D eigenvalue weighted by Crippen LogP contribution is 2.27. The third-order valence-corrected chi connectivity index (χ3v) is 4.63. The van der Waals surface area contributed by atoms with Gasteiger partial charge in [-0.25, -0.2) is 4.98 Å². The number of rotatable bonds is 5. The number of aromatic nitrogens is 1. The standard InChI is InChI=1S/C18H15ClN2O2S/c1-23-13-7-8-14(19)16(10-13)20-17(22)11-24-18-9-6-12-4-2-3-5-15(12)21-18/h2-10H,11H2,1H3,(H,20,22). The van der Waals surface area contributed by atoms with Gasteiger partial charge in [0.1, 0.15) is 5.75 Å². The lowest BCUT2D eigenvalue weighted by Gasteiger charge is -2.09. The molecule has 0 aliphatic rings. The van der Waals surface area contributed by atoms with Gasteiger partial charge in [0.25, 0.3) is 0 Å². The molecule has 0 saturated heterocycles. The van der Waals surface area contributed by atoms with Crippen LogP contribution in [0, 0.1) is 0 Å². The highest BCUT2D eigenvalue weighted by atomic mass is 35.5. The molecule has 0 bridgehead atoms. The van der Waals surface area contributed by atoms with E-state index in [1.807, 2.05) is 36.4 Å². The molecule has 4 nitrogen and oxygen atoms in total. The molecule has 1 amide bonds. The maximum Gasteiger partial charge on any atom is 0.234 e. The number of nitrogens with one attached hydrogen (secondary N) is 1. The maximum atomic E-state index is 12.1. The Morgan fingerprint density at radius 2 is 2.04 bits per heavy atom. The summed E-state index contributed by atoms with van der Waals surface area (Å²) in [5.74, 6) is 0.738. The van der Waals surface area contributed by atoms with Crippen LogP contribution in [0.1, 0.15) is 0 Å². The minimum Gasteiger partial charge on any atom is -0.497 e. The highest BCUT2D eigenvalue weighted by molar-refractivity contribution is 7.99. The summed E-state index contributed by atoms with van der Waals surface area (Å²) >= 11 is 7.47. The molecule has 0 unspecified atom stereocenters. The van der Waals surface area contributed by atoms with Gasteiger partial charge in [-0.1, -0.05) is 47.6 Å². The van der Waals surface area contributed by atoms with Crippen molar-refractivity contribution in [2.45, 2.75) is 5.03 Å². The second-order valence-electron chi connectivity index (χ2n) is 5.02. The second-order valence-corrected chi connectivity index (χ2v) is 6.43. The van der Waals surface area contributed by atoms with Gasteiger partial charge >= 0.3 is 0 Å². The number of carbonyl (C=O) groups is 1. The van der Waals surface area contributed by atoms with E-state index in [0.717, 1.165) is 15.9 Å². The zero-order valence-electron chi connectivity index (χ0n) is 13.0. The van der Waals surface area contributed by atoms with Gasteiger partial charge in [-0.2, -0.15) is 0 Å². The number of benzene rings is 2. The predicted molar refractivity (Wildman–Crippen MR) is 99.1 cm³/mol. The van der Waals surface area contributed by atoms with Crippen LogP contribution in [0.15, 0.2) is 59.6 Å². The average molecular weight is 359 g/mol. The van der Waals surface area contributed by atoms with Crippen LogP contribution in [0.4, 0.5) is 5.69 Å². The van der Waals surface area contributed by atoms with Gasteiger partial charge in [0.15, 0.2) is 0 Å². The predicted octanol–water partition coefficient (Wildman–Crippen LogP) is 4.63. The molecule has 1 aromatic heterocycles. The van der Waals surface area contributed by atoms with E-state index in [1.54, 1.807) is 25.3 Å². The number of hydrogen-bond acceptors (Lipinski definition) is 4. The molecular weight excluding hydrogens is 344 g/mol. The number of methoxy groups -OCH3 is 1. The largest absolute Gasteiger partial charge is 0.497 e. The van der Waals surface area contributed by atoms with Gasteiger partial charge in [-0.15, -0.1) is 0 Å². The van der Waals surface area contributed by atoms with E-state index in [-0.39, 0.29) is 11.7 Å². The molecule has 1 N–H and O–H groups in total. The van der Waals surface area contributed by atoms with E-state index in [9.17, 15) is 4.79 Å². The van der Waals surface area contributed by atoms with Crippen LogP contribution in [0.2, 0.25) is 5.02 Å².